The summed E-state index contributed by atoms with van der Waals surface area (Å²) in [5.74, 6) is -2.20. The number of amides is 7. The van der Waals surface area contributed by atoms with Crippen molar-refractivity contribution in [2.24, 2.45) is 0 Å². The number of anilines is 3. The molecule has 0 bridgehead atoms. The minimum absolute atomic E-state index is 0.0427. The maximum atomic E-state index is 13.3. The Morgan fingerprint density at radius 1 is 0.879 bits per heavy atom. The van der Waals surface area contributed by atoms with Crippen molar-refractivity contribution >= 4 is 81.5 Å². The topological polar surface area (TPSA) is 268 Å². The molecule has 25 heteroatoms. The van der Waals surface area contributed by atoms with Gasteiger partial charge in [-0.2, -0.15) is 15.3 Å². The van der Waals surface area contributed by atoms with E-state index >= 15 is 0 Å². The smallest absolute Gasteiger partial charge is 0.323 e. The predicted molar refractivity (Wildman–Crippen MR) is 235 cm³/mol. The van der Waals surface area contributed by atoms with E-state index in [0.717, 1.165) is 4.90 Å². The standard InChI is InChI=1S/C41H45Cl2N13O10/c1-24(36-29(23-45-32-21-31(43)52-55(32)36)50-41(62)49-25-20-27(42)37(46-22-25)56-47-9-10-48-56)53(2)34(58)8-12-63-14-16-65-18-19-66-17-15-64-13-11-44-28-5-3-4-26-35(28)40(61)54(39(26)60)30-6-7-33(57)51-38(30)59/h3-5,9-10,20-24,30,44H,6-8,11-19H2,1-2H3,(H2,49,50,62)(H,51,57,59)/t24-,30?/m0/s1. The molecule has 1 unspecified atom stereocenters. The lowest BCUT2D eigenvalue weighted by molar-refractivity contribution is -0.136. The first-order valence-corrected chi connectivity index (χ1v) is 21.5. The van der Waals surface area contributed by atoms with E-state index in [1.54, 1.807) is 32.2 Å². The fourth-order valence-electron chi connectivity index (χ4n) is 7.09. The highest BCUT2D eigenvalue weighted by atomic mass is 35.5. The minimum atomic E-state index is -1.04. The van der Waals surface area contributed by atoms with Gasteiger partial charge in [0.1, 0.15) is 6.04 Å². The van der Waals surface area contributed by atoms with E-state index in [1.165, 1.54) is 51.1 Å². The van der Waals surface area contributed by atoms with Gasteiger partial charge in [-0.25, -0.2) is 19.3 Å². The lowest BCUT2D eigenvalue weighted by Crippen LogP contribution is -2.54. The number of hydrogen-bond acceptors (Lipinski definition) is 16. The summed E-state index contributed by atoms with van der Waals surface area (Å²) in [6.07, 6.45) is 6.02. The molecule has 4 N–H and O–H groups in total. The quantitative estimate of drug-likeness (QED) is 0.0573. The number of ether oxygens (including phenoxy) is 4. The third-order valence-electron chi connectivity index (χ3n) is 10.4. The highest BCUT2D eigenvalue weighted by Gasteiger charge is 2.45. The first-order chi connectivity index (χ1) is 31.9. The van der Waals surface area contributed by atoms with Crippen LogP contribution in [0.25, 0.3) is 11.5 Å². The van der Waals surface area contributed by atoms with Gasteiger partial charge in [0.15, 0.2) is 16.6 Å². The van der Waals surface area contributed by atoms with E-state index in [0.29, 0.717) is 62.3 Å². The van der Waals surface area contributed by atoms with Crippen LogP contribution in [0.15, 0.2) is 55.1 Å². The van der Waals surface area contributed by atoms with E-state index in [4.69, 9.17) is 42.1 Å². The number of nitrogens with zero attached hydrogens (tertiary/aromatic N) is 9. The molecule has 0 radical (unpaired) electrons. The number of pyridine rings is 1. The van der Waals surface area contributed by atoms with E-state index in [-0.39, 0.29) is 77.8 Å². The van der Waals surface area contributed by atoms with Gasteiger partial charge < -0.3 is 39.8 Å². The maximum Gasteiger partial charge on any atom is 0.323 e. The van der Waals surface area contributed by atoms with E-state index in [1.807, 2.05) is 0 Å². The molecule has 1 aromatic carbocycles. The zero-order valence-corrected chi connectivity index (χ0v) is 37.2. The van der Waals surface area contributed by atoms with Crippen molar-refractivity contribution in [2.75, 3.05) is 82.4 Å². The Hall–Kier alpha value is -6.63. The second-order valence-corrected chi connectivity index (χ2v) is 15.5. The van der Waals surface area contributed by atoms with Crippen LogP contribution in [0, 0.1) is 0 Å². The average Bonchev–Trinajstić information content (AvgIpc) is 4.02. The zero-order chi connectivity index (χ0) is 46.7. The SMILES string of the molecule is C[C@@H](c1c(NC(=O)Nc2cnc(-n3nccn3)c(Cl)c2)cnc2cc(Cl)nn12)N(C)C(=O)CCOCCOCCOCCOCCNc1cccc2c1C(=O)N(C1CCC(=O)NC1=O)C2=O. The molecule has 348 valence electrons. The Morgan fingerprint density at radius 3 is 2.27 bits per heavy atom. The highest BCUT2D eigenvalue weighted by molar-refractivity contribution is 6.32. The number of imide groups is 2. The Morgan fingerprint density at radius 2 is 1.58 bits per heavy atom. The fourth-order valence-corrected chi connectivity index (χ4v) is 7.51. The summed E-state index contributed by atoms with van der Waals surface area (Å²) in [4.78, 5) is 88.9. The summed E-state index contributed by atoms with van der Waals surface area (Å²) in [5.41, 5.74) is 2.25. The van der Waals surface area contributed by atoms with Gasteiger partial charge in [0.25, 0.3) is 11.8 Å². The molecular formula is C41H45Cl2N13O10. The van der Waals surface area contributed by atoms with Gasteiger partial charge in [-0.1, -0.05) is 29.3 Å². The first-order valence-electron chi connectivity index (χ1n) is 20.7. The molecule has 0 spiro atoms. The minimum Gasteiger partial charge on any atom is -0.382 e. The van der Waals surface area contributed by atoms with Crippen molar-refractivity contribution in [1.82, 2.24) is 49.7 Å². The number of carbonyl (C=O) groups excluding carboxylic acids is 6. The van der Waals surface area contributed by atoms with Gasteiger partial charge in [-0.15, -0.1) is 4.80 Å². The number of urea groups is 1. The van der Waals surface area contributed by atoms with Crippen LogP contribution in [0.4, 0.5) is 21.9 Å². The summed E-state index contributed by atoms with van der Waals surface area (Å²) < 4.78 is 23.9. The summed E-state index contributed by atoms with van der Waals surface area (Å²) in [7, 11) is 1.63. The molecule has 2 aliphatic heterocycles. The van der Waals surface area contributed by atoms with Gasteiger partial charge in [-0.05, 0) is 31.5 Å². The van der Waals surface area contributed by atoms with Crippen LogP contribution in [-0.2, 0) is 33.3 Å². The predicted octanol–water partition coefficient (Wildman–Crippen LogP) is 3.15. The van der Waals surface area contributed by atoms with Crippen LogP contribution in [0.1, 0.15) is 58.6 Å². The largest absolute Gasteiger partial charge is 0.382 e. The van der Waals surface area contributed by atoms with E-state index < -0.39 is 41.7 Å². The summed E-state index contributed by atoms with van der Waals surface area (Å²) in [5, 5.41) is 23.5. The molecule has 66 heavy (non-hydrogen) atoms. The number of benzene rings is 1. The number of piperidine rings is 1. The number of aromatic nitrogens is 7. The number of carbonyl (C=O) groups is 6. The monoisotopic (exact) mass is 949 g/mol. The van der Waals surface area contributed by atoms with Crippen molar-refractivity contribution in [3.8, 4) is 5.82 Å². The van der Waals surface area contributed by atoms with Gasteiger partial charge >= 0.3 is 6.03 Å². The molecule has 1 saturated heterocycles. The Bertz CT molecular complexity index is 2600. The zero-order valence-electron chi connectivity index (χ0n) is 35.7. The third kappa shape index (κ3) is 11.2. The molecule has 2 aliphatic rings. The average molecular weight is 951 g/mol. The molecule has 2 atom stereocenters. The van der Waals surface area contributed by atoms with Crippen LogP contribution in [-0.4, -0.2) is 152 Å². The van der Waals surface area contributed by atoms with Gasteiger partial charge in [0.2, 0.25) is 17.7 Å². The molecule has 0 aliphatic carbocycles. The number of fused-ring (bicyclic) bond motifs is 2. The Balaban J connectivity index is 0.759. The van der Waals surface area contributed by atoms with Crippen molar-refractivity contribution in [1.29, 1.82) is 0 Å². The van der Waals surface area contributed by atoms with Gasteiger partial charge in [-0.3, -0.25) is 34.2 Å². The molecular weight excluding hydrogens is 905 g/mol. The van der Waals surface area contributed by atoms with Gasteiger partial charge in [0, 0.05) is 31.8 Å². The van der Waals surface area contributed by atoms with Crippen molar-refractivity contribution in [2.45, 2.75) is 38.3 Å². The first kappa shape index (κ1) is 47.3. The summed E-state index contributed by atoms with van der Waals surface area (Å²) in [6, 6.07) is 5.64. The second-order valence-electron chi connectivity index (χ2n) is 14.7. The third-order valence-corrected chi connectivity index (χ3v) is 10.9. The molecule has 6 heterocycles. The number of nitrogens with one attached hydrogen (secondary N) is 4. The van der Waals surface area contributed by atoms with Crippen LogP contribution in [0.2, 0.25) is 10.2 Å². The number of hydrogen-bond donors (Lipinski definition) is 4. The summed E-state index contributed by atoms with van der Waals surface area (Å²) in [6.45, 7) is 4.37. The van der Waals surface area contributed by atoms with Crippen LogP contribution < -0.4 is 21.3 Å². The van der Waals surface area contributed by atoms with E-state index in [2.05, 4.69) is 46.5 Å². The molecule has 5 aromatic rings. The Kier molecular flexibility index (Phi) is 15.8. The lowest BCUT2D eigenvalue weighted by atomic mass is 10.0. The highest BCUT2D eigenvalue weighted by Crippen LogP contribution is 2.33. The van der Waals surface area contributed by atoms with Crippen LogP contribution >= 0.6 is 23.2 Å². The maximum absolute atomic E-state index is 13.3. The second kappa shape index (κ2) is 22.0. The van der Waals surface area contributed by atoms with Crippen molar-refractivity contribution in [3.63, 3.8) is 0 Å². The van der Waals surface area contributed by atoms with Crippen LogP contribution in [0.5, 0.6) is 0 Å². The molecule has 7 amide bonds. The van der Waals surface area contributed by atoms with Gasteiger partial charge in [0.05, 0.1) is 123 Å². The number of rotatable bonds is 22. The molecule has 23 nitrogen and oxygen atoms in total. The lowest BCUT2D eigenvalue weighted by Gasteiger charge is -2.27. The molecule has 4 aromatic heterocycles. The molecule has 0 saturated carbocycles. The summed E-state index contributed by atoms with van der Waals surface area (Å²) >= 11 is 12.6. The van der Waals surface area contributed by atoms with Crippen LogP contribution in [0.3, 0.4) is 0 Å². The Labute approximate surface area is 386 Å². The molecule has 1 fully saturated rings. The van der Waals surface area contributed by atoms with Crippen molar-refractivity contribution < 1.29 is 47.7 Å². The fraction of sp³-hybridized carbons (Fsp3) is 0.390. The molecule has 7 rings (SSSR count). The number of halogens is 2. The van der Waals surface area contributed by atoms with Crippen molar-refractivity contribution in [3.05, 3.63) is 82.1 Å². The normalized spacial score (nSPS) is 15.2. The van der Waals surface area contributed by atoms with E-state index in [9.17, 15) is 28.8 Å².